The van der Waals surface area contributed by atoms with Crippen molar-refractivity contribution in [3.8, 4) is 35.4 Å². The number of rotatable bonds is 17. The highest BCUT2D eigenvalue weighted by Gasteiger charge is 2.46. The van der Waals surface area contributed by atoms with Crippen LogP contribution in [0.2, 0.25) is 0 Å². The molecule has 10 rings (SSSR count). The number of fused-ring (bicyclic) bond motifs is 3. The third kappa shape index (κ3) is 9.57. The molecule has 3 unspecified atom stereocenters. The molecule has 6 heterocycles. The molecule has 1 aliphatic carbocycles. The van der Waals surface area contributed by atoms with Gasteiger partial charge in [-0.3, -0.25) is 14.6 Å². The number of aldehydes is 1. The van der Waals surface area contributed by atoms with Gasteiger partial charge in [-0.05, 0) is 79.5 Å². The summed E-state index contributed by atoms with van der Waals surface area (Å²) < 4.78 is 38.8. The SMILES string of the molecule is C#Cc1c(F)ccc2cc(O)cc(-c3ncc4c(N5CC(CC)NC(CC)C5)nc(OCC5(CN6CCN(CC7CN(c8ccc9c(c8)CN(C(CCC=O)C(=O)NC)C9=O)C7)CC6)CC5)nc4c3F)c12. The summed E-state index contributed by atoms with van der Waals surface area (Å²) in [4.78, 5) is 62.5. The highest BCUT2D eigenvalue weighted by Crippen LogP contribution is 2.47. The summed E-state index contributed by atoms with van der Waals surface area (Å²) in [7, 11) is 1.55. The number of anilines is 2. The van der Waals surface area contributed by atoms with E-state index in [1.165, 1.54) is 24.3 Å². The van der Waals surface area contributed by atoms with Gasteiger partial charge < -0.3 is 49.8 Å². The number of benzene rings is 3. The molecule has 3 N–H and O–H groups in total. The molecule has 0 radical (unpaired) electrons. The first kappa shape index (κ1) is 48.2. The molecule has 2 aromatic heterocycles. The summed E-state index contributed by atoms with van der Waals surface area (Å²) in [6.45, 7) is 13.9. The number of hydrogen-bond donors (Lipinski definition) is 3. The Hall–Kier alpha value is -6.48. The number of aromatic nitrogens is 3. The van der Waals surface area contributed by atoms with E-state index >= 15 is 8.78 Å². The quantitative estimate of drug-likeness (QED) is 0.0767. The maximum Gasteiger partial charge on any atom is 0.319 e. The number of aromatic hydroxyl groups is 1. The van der Waals surface area contributed by atoms with Gasteiger partial charge in [-0.2, -0.15) is 9.97 Å². The van der Waals surface area contributed by atoms with E-state index < -0.39 is 17.7 Å². The van der Waals surface area contributed by atoms with Crippen molar-refractivity contribution in [2.24, 2.45) is 11.3 Å². The summed E-state index contributed by atoms with van der Waals surface area (Å²) in [5.41, 5.74) is 2.55. The number of nitrogens with one attached hydrogen (secondary N) is 2. The summed E-state index contributed by atoms with van der Waals surface area (Å²) in [5.74, 6) is 1.54. The van der Waals surface area contributed by atoms with E-state index in [1.807, 2.05) is 12.1 Å². The number of phenols is 1. The summed E-state index contributed by atoms with van der Waals surface area (Å²) in [5, 5.41) is 18.3. The summed E-state index contributed by atoms with van der Waals surface area (Å²) in [6, 6.07) is 11.3. The van der Waals surface area contributed by atoms with Gasteiger partial charge in [0.05, 0.1) is 17.6 Å². The van der Waals surface area contributed by atoms with Gasteiger partial charge in [-0.15, -0.1) is 6.42 Å². The van der Waals surface area contributed by atoms with Gasteiger partial charge in [-0.1, -0.05) is 25.8 Å². The minimum absolute atomic E-state index is 0.0243. The van der Waals surface area contributed by atoms with Crippen molar-refractivity contribution in [3.63, 3.8) is 0 Å². The number of hydrogen-bond acceptors (Lipinski definition) is 13. The van der Waals surface area contributed by atoms with Crippen molar-refractivity contribution in [2.45, 2.75) is 77.0 Å². The molecular formula is C54H62F2N10O5. The van der Waals surface area contributed by atoms with Crippen LogP contribution in [0.5, 0.6) is 11.8 Å². The molecule has 0 bridgehead atoms. The number of halogens is 2. The maximum atomic E-state index is 17.2. The van der Waals surface area contributed by atoms with Gasteiger partial charge in [0.15, 0.2) is 5.82 Å². The molecule has 5 aliphatic rings. The Kier molecular flexibility index (Phi) is 13.5. The molecule has 5 aromatic rings. The summed E-state index contributed by atoms with van der Waals surface area (Å²) in [6.07, 6.45) is 12.4. The lowest BCUT2D eigenvalue weighted by molar-refractivity contribution is -0.125. The van der Waals surface area contributed by atoms with E-state index in [9.17, 15) is 19.5 Å². The van der Waals surface area contributed by atoms with Crippen LogP contribution in [-0.2, 0) is 16.1 Å². The second-order valence-electron chi connectivity index (χ2n) is 20.2. The molecule has 372 valence electrons. The van der Waals surface area contributed by atoms with Crippen molar-refractivity contribution < 1.29 is 33.0 Å². The molecule has 4 aliphatic heterocycles. The van der Waals surface area contributed by atoms with Crippen LogP contribution in [0.3, 0.4) is 0 Å². The number of nitrogens with zero attached hydrogens (tertiary/aromatic N) is 8. The van der Waals surface area contributed by atoms with E-state index in [0.29, 0.717) is 60.7 Å². The number of piperazine rings is 2. The van der Waals surface area contributed by atoms with Crippen LogP contribution >= 0.6 is 0 Å². The topological polar surface area (TPSA) is 160 Å². The normalized spacial score (nSPS) is 20.7. The van der Waals surface area contributed by atoms with Crippen LogP contribution < -0.4 is 25.2 Å². The first-order chi connectivity index (χ1) is 34.4. The number of likely N-dealkylation sites (N-methyl/N-ethyl adjacent to an activating group) is 1. The van der Waals surface area contributed by atoms with E-state index in [2.05, 4.69) is 61.1 Å². The fourth-order valence-corrected chi connectivity index (χ4v) is 11.2. The van der Waals surface area contributed by atoms with Gasteiger partial charge in [0.2, 0.25) is 5.91 Å². The molecule has 3 saturated heterocycles. The number of carbonyl (C=O) groups excluding carboxylic acids is 3. The predicted octanol–water partition coefficient (Wildman–Crippen LogP) is 5.74. The van der Waals surface area contributed by atoms with Crippen molar-refractivity contribution in [1.29, 1.82) is 0 Å². The van der Waals surface area contributed by atoms with Gasteiger partial charge in [0.1, 0.15) is 40.9 Å². The first-order valence-electron chi connectivity index (χ1n) is 25.1. The highest BCUT2D eigenvalue weighted by molar-refractivity contribution is 6.03. The minimum Gasteiger partial charge on any atom is -0.508 e. The average Bonchev–Trinajstić information content (AvgIpc) is 4.07. The highest BCUT2D eigenvalue weighted by atomic mass is 19.1. The minimum atomic E-state index is -0.743. The van der Waals surface area contributed by atoms with Gasteiger partial charge >= 0.3 is 6.01 Å². The third-order valence-corrected chi connectivity index (χ3v) is 15.5. The van der Waals surface area contributed by atoms with E-state index in [0.717, 1.165) is 95.6 Å². The lowest BCUT2D eigenvalue weighted by Gasteiger charge is -2.45. The molecule has 3 atom stereocenters. The summed E-state index contributed by atoms with van der Waals surface area (Å²) >= 11 is 0. The third-order valence-electron chi connectivity index (χ3n) is 15.5. The van der Waals surface area contributed by atoms with Crippen molar-refractivity contribution in [3.05, 3.63) is 77.0 Å². The molecular weight excluding hydrogens is 907 g/mol. The average molecular weight is 969 g/mol. The molecule has 2 amide bonds. The Bertz CT molecular complexity index is 2900. The zero-order valence-electron chi connectivity index (χ0n) is 40.7. The molecule has 1 saturated carbocycles. The fourth-order valence-electron chi connectivity index (χ4n) is 11.2. The standard InChI is InChI=1S/C54H62F2N10O5/c1-5-36-29-65(30-37(6-2)59-36)50-43-24-58-48(42-23-39(68)22-34-10-13-44(55)40(7-3)46(34)42)47(56)49(43)60-53(61-50)71-32-54(14-15-54)31-63-18-16-62(17-19-63)25-33-26-64(27-33)38-11-12-41-35(21-38)28-66(52(41)70)45(9-8-20-67)51(69)57-4/h3,10-13,20-24,33,36-37,45,59,68H,5-6,8-9,14-19,25-32H2,1-2,4H3,(H,57,69). The largest absolute Gasteiger partial charge is 0.508 e. The van der Waals surface area contributed by atoms with Crippen molar-refractivity contribution >= 4 is 51.3 Å². The van der Waals surface area contributed by atoms with Crippen LogP contribution in [0.15, 0.2) is 48.7 Å². The Morgan fingerprint density at radius 1 is 1.00 bits per heavy atom. The zero-order chi connectivity index (χ0) is 49.6. The Morgan fingerprint density at radius 2 is 1.75 bits per heavy atom. The number of pyridine rings is 1. The zero-order valence-corrected chi connectivity index (χ0v) is 40.7. The van der Waals surface area contributed by atoms with Gasteiger partial charge in [-0.25, -0.2) is 8.78 Å². The van der Waals surface area contributed by atoms with Crippen LogP contribution in [0, 0.1) is 35.3 Å². The monoisotopic (exact) mass is 968 g/mol. The Morgan fingerprint density at radius 3 is 2.44 bits per heavy atom. The number of terminal acetylenes is 1. The van der Waals surface area contributed by atoms with Gasteiger partial charge in [0.25, 0.3) is 5.91 Å². The van der Waals surface area contributed by atoms with E-state index in [-0.39, 0.29) is 75.2 Å². The van der Waals surface area contributed by atoms with Crippen LogP contribution in [0.25, 0.3) is 32.9 Å². The number of phenolic OH excluding ortho intramolecular Hbond substituents is 1. The maximum absolute atomic E-state index is 17.2. The molecule has 15 nitrogen and oxygen atoms in total. The van der Waals surface area contributed by atoms with Crippen LogP contribution in [0.4, 0.5) is 20.3 Å². The predicted molar refractivity (Wildman–Crippen MR) is 269 cm³/mol. The van der Waals surface area contributed by atoms with E-state index in [1.54, 1.807) is 18.1 Å². The fraction of sp³-hybridized carbons (Fsp3) is 0.481. The van der Waals surface area contributed by atoms with Crippen molar-refractivity contribution in [1.82, 2.24) is 40.3 Å². The molecule has 0 spiro atoms. The number of ether oxygens (including phenoxy) is 1. The molecule has 17 heteroatoms. The van der Waals surface area contributed by atoms with Crippen LogP contribution in [-0.4, -0.2) is 150 Å². The van der Waals surface area contributed by atoms with Crippen LogP contribution in [0.1, 0.15) is 73.9 Å². The van der Waals surface area contributed by atoms with Gasteiger partial charge in [0, 0.05) is 137 Å². The first-order valence-corrected chi connectivity index (χ1v) is 25.1. The molecule has 3 aromatic carbocycles. The lowest BCUT2D eigenvalue weighted by Crippen LogP contribution is -2.56. The lowest BCUT2D eigenvalue weighted by atomic mass is 9.95. The smallest absolute Gasteiger partial charge is 0.319 e. The Labute approximate surface area is 412 Å². The second-order valence-corrected chi connectivity index (χ2v) is 20.2. The molecule has 71 heavy (non-hydrogen) atoms. The number of carbonyl (C=O) groups is 3. The second kappa shape index (κ2) is 20.0. The van der Waals surface area contributed by atoms with E-state index in [4.69, 9.17) is 21.1 Å². The van der Waals surface area contributed by atoms with Crippen molar-refractivity contribution in [2.75, 3.05) is 88.9 Å². The number of amides is 2. The Balaban J connectivity index is 0.792. The molecule has 4 fully saturated rings.